The van der Waals surface area contributed by atoms with Crippen molar-refractivity contribution in [3.63, 3.8) is 0 Å². The summed E-state index contributed by atoms with van der Waals surface area (Å²) in [5.41, 5.74) is 0. The predicted molar refractivity (Wildman–Crippen MR) is 63.8 cm³/mol. The van der Waals surface area contributed by atoms with E-state index in [2.05, 4.69) is 5.32 Å². The SMILES string of the molecule is CCS(=O)(=O)CCCC(CC1CC1)NC. The second kappa shape index (κ2) is 5.85. The third-order valence-corrected chi connectivity index (χ3v) is 4.96. The molecule has 0 amide bonds. The first-order valence-corrected chi connectivity index (χ1v) is 7.77. The Kier molecular flexibility index (Phi) is 5.06. The molecule has 1 N–H and O–H groups in total. The zero-order chi connectivity index (χ0) is 11.3. The van der Waals surface area contributed by atoms with Crippen LogP contribution >= 0.6 is 0 Å². The summed E-state index contributed by atoms with van der Waals surface area (Å²) in [5.74, 6) is 1.54. The Morgan fingerprint density at radius 3 is 2.53 bits per heavy atom. The monoisotopic (exact) mass is 233 g/mol. The minimum Gasteiger partial charge on any atom is -0.317 e. The van der Waals surface area contributed by atoms with Gasteiger partial charge in [-0.25, -0.2) is 8.42 Å². The maximum atomic E-state index is 11.3. The van der Waals surface area contributed by atoms with Crippen LogP contribution in [0.2, 0.25) is 0 Å². The fourth-order valence-electron chi connectivity index (χ4n) is 1.83. The normalized spacial score (nSPS) is 19.1. The molecule has 0 aromatic rings. The molecule has 4 heteroatoms. The number of nitrogens with one attached hydrogen (secondary N) is 1. The van der Waals surface area contributed by atoms with E-state index in [1.165, 1.54) is 19.3 Å². The molecule has 0 saturated heterocycles. The first-order valence-electron chi connectivity index (χ1n) is 5.95. The van der Waals surface area contributed by atoms with Crippen molar-refractivity contribution in [2.24, 2.45) is 5.92 Å². The van der Waals surface area contributed by atoms with Gasteiger partial charge in [-0.3, -0.25) is 0 Å². The molecule has 90 valence electrons. The van der Waals surface area contributed by atoms with E-state index in [0.717, 1.165) is 18.8 Å². The highest BCUT2D eigenvalue weighted by atomic mass is 32.2. The predicted octanol–water partition coefficient (Wildman–Crippen LogP) is 1.59. The van der Waals surface area contributed by atoms with Gasteiger partial charge >= 0.3 is 0 Å². The minimum absolute atomic E-state index is 0.278. The Morgan fingerprint density at radius 2 is 2.07 bits per heavy atom. The first-order chi connectivity index (χ1) is 7.07. The molecular weight excluding hydrogens is 210 g/mol. The van der Waals surface area contributed by atoms with Crippen LogP contribution in [0.1, 0.15) is 39.0 Å². The number of hydrogen-bond donors (Lipinski definition) is 1. The topological polar surface area (TPSA) is 46.2 Å². The van der Waals surface area contributed by atoms with E-state index < -0.39 is 9.84 Å². The van der Waals surface area contributed by atoms with Crippen LogP contribution in [0.15, 0.2) is 0 Å². The molecular formula is C11H23NO2S. The maximum Gasteiger partial charge on any atom is 0.150 e. The second-order valence-corrected chi connectivity index (χ2v) is 7.02. The average Bonchev–Trinajstić information content (AvgIpc) is 3.00. The molecule has 0 bridgehead atoms. The molecule has 1 saturated carbocycles. The van der Waals surface area contributed by atoms with Gasteiger partial charge < -0.3 is 5.32 Å². The van der Waals surface area contributed by atoms with Crippen molar-refractivity contribution >= 4 is 9.84 Å². The number of sulfone groups is 1. The van der Waals surface area contributed by atoms with E-state index in [0.29, 0.717) is 11.8 Å². The van der Waals surface area contributed by atoms with Crippen molar-refractivity contribution in [3.05, 3.63) is 0 Å². The van der Waals surface area contributed by atoms with Crippen molar-refractivity contribution < 1.29 is 8.42 Å². The molecule has 1 atom stereocenters. The van der Waals surface area contributed by atoms with Crippen molar-refractivity contribution in [1.29, 1.82) is 0 Å². The average molecular weight is 233 g/mol. The van der Waals surface area contributed by atoms with Gasteiger partial charge in [-0.05, 0) is 32.2 Å². The van der Waals surface area contributed by atoms with Crippen LogP contribution in [0.25, 0.3) is 0 Å². The lowest BCUT2D eigenvalue weighted by molar-refractivity contribution is 0.459. The Labute approximate surface area is 93.6 Å². The summed E-state index contributed by atoms with van der Waals surface area (Å²) in [6.45, 7) is 1.72. The van der Waals surface area contributed by atoms with Crippen molar-refractivity contribution in [2.45, 2.75) is 45.1 Å². The Balaban J connectivity index is 2.16. The molecule has 1 unspecified atom stereocenters. The number of hydrogen-bond acceptors (Lipinski definition) is 3. The van der Waals surface area contributed by atoms with Crippen LogP contribution < -0.4 is 5.32 Å². The zero-order valence-corrected chi connectivity index (χ0v) is 10.6. The van der Waals surface area contributed by atoms with E-state index >= 15 is 0 Å². The third-order valence-electron chi connectivity index (χ3n) is 3.17. The molecule has 0 heterocycles. The lowest BCUT2D eigenvalue weighted by atomic mass is 10.1. The number of rotatable bonds is 8. The highest BCUT2D eigenvalue weighted by molar-refractivity contribution is 7.91. The van der Waals surface area contributed by atoms with Crippen LogP contribution in [0.3, 0.4) is 0 Å². The molecule has 0 aromatic carbocycles. The van der Waals surface area contributed by atoms with Gasteiger partial charge in [0, 0.05) is 11.8 Å². The lowest BCUT2D eigenvalue weighted by Crippen LogP contribution is -2.26. The molecule has 1 fully saturated rings. The van der Waals surface area contributed by atoms with E-state index in [1.54, 1.807) is 6.92 Å². The first kappa shape index (κ1) is 13.0. The summed E-state index contributed by atoms with van der Waals surface area (Å²) in [6, 6.07) is 0.518. The summed E-state index contributed by atoms with van der Waals surface area (Å²) in [6.07, 6.45) is 5.75. The second-order valence-electron chi connectivity index (χ2n) is 4.54. The van der Waals surface area contributed by atoms with Gasteiger partial charge in [0.25, 0.3) is 0 Å². The van der Waals surface area contributed by atoms with E-state index in [1.807, 2.05) is 7.05 Å². The molecule has 0 aromatic heterocycles. The van der Waals surface area contributed by atoms with Crippen LogP contribution in [0.5, 0.6) is 0 Å². The highest BCUT2D eigenvalue weighted by Crippen LogP contribution is 2.34. The van der Waals surface area contributed by atoms with Crippen LogP contribution in [0, 0.1) is 5.92 Å². The fraction of sp³-hybridized carbons (Fsp3) is 1.00. The summed E-state index contributed by atoms with van der Waals surface area (Å²) in [4.78, 5) is 0. The van der Waals surface area contributed by atoms with Crippen molar-refractivity contribution in [2.75, 3.05) is 18.6 Å². The van der Waals surface area contributed by atoms with Crippen LogP contribution in [-0.4, -0.2) is 33.0 Å². The van der Waals surface area contributed by atoms with Gasteiger partial charge in [-0.15, -0.1) is 0 Å². The Morgan fingerprint density at radius 1 is 1.40 bits per heavy atom. The molecule has 1 aliphatic carbocycles. The largest absolute Gasteiger partial charge is 0.317 e. The highest BCUT2D eigenvalue weighted by Gasteiger charge is 2.24. The minimum atomic E-state index is -2.76. The fourth-order valence-corrected chi connectivity index (χ4v) is 2.73. The van der Waals surface area contributed by atoms with Crippen molar-refractivity contribution in [1.82, 2.24) is 5.32 Å². The summed E-state index contributed by atoms with van der Waals surface area (Å²) < 4.78 is 22.6. The summed E-state index contributed by atoms with van der Waals surface area (Å²) in [7, 11) is -0.790. The molecule has 15 heavy (non-hydrogen) atoms. The van der Waals surface area contributed by atoms with Gasteiger partial charge in [0.05, 0.1) is 5.75 Å². The molecule has 1 rings (SSSR count). The van der Waals surface area contributed by atoms with Gasteiger partial charge in [0.15, 0.2) is 0 Å². The summed E-state index contributed by atoms with van der Waals surface area (Å²) in [5, 5.41) is 3.28. The van der Waals surface area contributed by atoms with Crippen molar-refractivity contribution in [3.8, 4) is 0 Å². The van der Waals surface area contributed by atoms with Gasteiger partial charge in [-0.2, -0.15) is 0 Å². The lowest BCUT2D eigenvalue weighted by Gasteiger charge is -2.15. The van der Waals surface area contributed by atoms with E-state index in [-0.39, 0.29) is 5.75 Å². The van der Waals surface area contributed by atoms with E-state index in [9.17, 15) is 8.42 Å². The Bertz CT molecular complexity index is 270. The molecule has 0 radical (unpaired) electrons. The third kappa shape index (κ3) is 5.52. The molecule has 3 nitrogen and oxygen atoms in total. The zero-order valence-electron chi connectivity index (χ0n) is 9.83. The quantitative estimate of drug-likeness (QED) is 0.692. The van der Waals surface area contributed by atoms with Crippen LogP contribution in [-0.2, 0) is 9.84 Å². The van der Waals surface area contributed by atoms with E-state index in [4.69, 9.17) is 0 Å². The standard InChI is InChI=1S/C11H23NO2S/c1-3-15(13,14)8-4-5-11(12-2)9-10-6-7-10/h10-12H,3-9H2,1-2H3. The van der Waals surface area contributed by atoms with Gasteiger partial charge in [0.1, 0.15) is 9.84 Å². The smallest absolute Gasteiger partial charge is 0.150 e. The van der Waals surface area contributed by atoms with Gasteiger partial charge in [0.2, 0.25) is 0 Å². The molecule has 1 aliphatic rings. The maximum absolute atomic E-state index is 11.3. The Hall–Kier alpha value is -0.0900. The summed E-state index contributed by atoms with van der Waals surface area (Å²) >= 11 is 0. The molecule has 0 spiro atoms. The molecule has 0 aliphatic heterocycles. The van der Waals surface area contributed by atoms with Crippen LogP contribution in [0.4, 0.5) is 0 Å². The van der Waals surface area contributed by atoms with Gasteiger partial charge in [-0.1, -0.05) is 19.8 Å².